The SMILES string of the molecule is Nc1cnc(Nc2cccc3c2CCCC3)cn1. The summed E-state index contributed by atoms with van der Waals surface area (Å²) in [5.74, 6) is 1.18. The van der Waals surface area contributed by atoms with Crippen LogP contribution in [0, 0.1) is 0 Å². The molecular weight excluding hydrogens is 224 g/mol. The van der Waals surface area contributed by atoms with Crippen molar-refractivity contribution in [3.05, 3.63) is 41.7 Å². The van der Waals surface area contributed by atoms with Gasteiger partial charge in [-0.05, 0) is 42.9 Å². The van der Waals surface area contributed by atoms with Gasteiger partial charge in [-0.3, -0.25) is 0 Å². The summed E-state index contributed by atoms with van der Waals surface area (Å²) in [6, 6.07) is 6.41. The number of rotatable bonds is 2. The zero-order valence-corrected chi connectivity index (χ0v) is 10.2. The van der Waals surface area contributed by atoms with Gasteiger partial charge in [0.25, 0.3) is 0 Å². The quantitative estimate of drug-likeness (QED) is 0.847. The first kappa shape index (κ1) is 11.0. The molecular formula is C14H16N4. The Bertz CT molecular complexity index is 548. The molecule has 1 heterocycles. The molecule has 4 nitrogen and oxygen atoms in total. The van der Waals surface area contributed by atoms with Crippen molar-refractivity contribution < 1.29 is 0 Å². The molecule has 0 bridgehead atoms. The zero-order valence-electron chi connectivity index (χ0n) is 10.2. The molecule has 0 atom stereocenters. The van der Waals surface area contributed by atoms with Crippen LogP contribution in [0.4, 0.5) is 17.3 Å². The average molecular weight is 240 g/mol. The van der Waals surface area contributed by atoms with Crippen LogP contribution in [0.1, 0.15) is 24.0 Å². The summed E-state index contributed by atoms with van der Waals surface area (Å²) in [6.07, 6.45) is 8.10. The van der Waals surface area contributed by atoms with Gasteiger partial charge in [-0.15, -0.1) is 0 Å². The highest BCUT2D eigenvalue weighted by Gasteiger charge is 2.12. The van der Waals surface area contributed by atoms with Crippen LogP contribution in [0.15, 0.2) is 30.6 Å². The lowest BCUT2D eigenvalue weighted by Gasteiger charge is -2.19. The number of nitrogens with two attached hydrogens (primary N) is 1. The number of fused-ring (bicyclic) bond motifs is 1. The monoisotopic (exact) mass is 240 g/mol. The Hall–Kier alpha value is -2.10. The lowest BCUT2D eigenvalue weighted by molar-refractivity contribution is 0.687. The van der Waals surface area contributed by atoms with Crippen LogP contribution in [-0.2, 0) is 12.8 Å². The van der Waals surface area contributed by atoms with E-state index in [0.29, 0.717) is 5.82 Å². The molecule has 0 saturated heterocycles. The lowest BCUT2D eigenvalue weighted by atomic mass is 9.90. The fourth-order valence-electron chi connectivity index (χ4n) is 2.44. The van der Waals surface area contributed by atoms with E-state index in [1.807, 2.05) is 0 Å². The third-order valence-corrected chi connectivity index (χ3v) is 3.33. The molecule has 0 aliphatic heterocycles. The van der Waals surface area contributed by atoms with E-state index in [4.69, 9.17) is 5.73 Å². The minimum absolute atomic E-state index is 0.440. The Morgan fingerprint density at radius 2 is 1.94 bits per heavy atom. The Morgan fingerprint density at radius 1 is 1.06 bits per heavy atom. The van der Waals surface area contributed by atoms with Crippen molar-refractivity contribution in [2.75, 3.05) is 11.1 Å². The van der Waals surface area contributed by atoms with Gasteiger partial charge < -0.3 is 11.1 Å². The van der Waals surface area contributed by atoms with E-state index >= 15 is 0 Å². The summed E-state index contributed by atoms with van der Waals surface area (Å²) in [5.41, 5.74) is 9.55. The number of aromatic nitrogens is 2. The second kappa shape index (κ2) is 4.64. The number of aryl methyl sites for hydroxylation is 1. The molecule has 3 rings (SSSR count). The Balaban J connectivity index is 1.90. The van der Waals surface area contributed by atoms with E-state index in [-0.39, 0.29) is 0 Å². The lowest BCUT2D eigenvalue weighted by Crippen LogP contribution is -2.06. The van der Waals surface area contributed by atoms with Crippen LogP contribution in [0.3, 0.4) is 0 Å². The van der Waals surface area contributed by atoms with Gasteiger partial charge >= 0.3 is 0 Å². The van der Waals surface area contributed by atoms with Crippen molar-refractivity contribution in [1.29, 1.82) is 0 Å². The van der Waals surface area contributed by atoms with E-state index < -0.39 is 0 Å². The van der Waals surface area contributed by atoms with E-state index in [0.717, 1.165) is 17.9 Å². The molecule has 4 heteroatoms. The molecule has 0 radical (unpaired) electrons. The second-order valence-corrected chi connectivity index (χ2v) is 4.60. The number of anilines is 3. The Labute approximate surface area is 106 Å². The van der Waals surface area contributed by atoms with Gasteiger partial charge in [0.15, 0.2) is 0 Å². The number of nitrogens with one attached hydrogen (secondary N) is 1. The maximum atomic E-state index is 5.53. The van der Waals surface area contributed by atoms with Crippen LogP contribution in [0.2, 0.25) is 0 Å². The van der Waals surface area contributed by atoms with Gasteiger partial charge in [0.1, 0.15) is 11.6 Å². The summed E-state index contributed by atoms with van der Waals surface area (Å²) in [5, 5.41) is 3.33. The second-order valence-electron chi connectivity index (χ2n) is 4.60. The highest BCUT2D eigenvalue weighted by Crippen LogP contribution is 2.29. The van der Waals surface area contributed by atoms with E-state index in [1.165, 1.54) is 30.4 Å². The molecule has 1 aromatic heterocycles. The van der Waals surface area contributed by atoms with Crippen LogP contribution >= 0.6 is 0 Å². The van der Waals surface area contributed by atoms with Crippen molar-refractivity contribution in [3.8, 4) is 0 Å². The van der Waals surface area contributed by atoms with Crippen LogP contribution in [0.25, 0.3) is 0 Å². The molecule has 0 saturated carbocycles. The number of nitrogens with zero attached hydrogens (tertiary/aromatic N) is 2. The molecule has 3 N–H and O–H groups in total. The molecule has 0 unspecified atom stereocenters. The van der Waals surface area contributed by atoms with Gasteiger partial charge in [0.05, 0.1) is 12.4 Å². The number of hydrogen-bond acceptors (Lipinski definition) is 4. The molecule has 92 valence electrons. The number of hydrogen-bond donors (Lipinski definition) is 2. The predicted octanol–water partition coefficient (Wildman–Crippen LogP) is 2.68. The summed E-state index contributed by atoms with van der Waals surface area (Å²) in [4.78, 5) is 8.26. The summed E-state index contributed by atoms with van der Waals surface area (Å²) in [7, 11) is 0. The third-order valence-electron chi connectivity index (χ3n) is 3.33. The molecule has 1 aromatic carbocycles. The van der Waals surface area contributed by atoms with Gasteiger partial charge in [0.2, 0.25) is 0 Å². The molecule has 18 heavy (non-hydrogen) atoms. The molecule has 2 aromatic rings. The molecule has 0 fully saturated rings. The fourth-order valence-corrected chi connectivity index (χ4v) is 2.44. The average Bonchev–Trinajstić information content (AvgIpc) is 2.42. The maximum Gasteiger partial charge on any atom is 0.149 e. The summed E-state index contributed by atoms with van der Waals surface area (Å²) >= 11 is 0. The number of benzene rings is 1. The van der Waals surface area contributed by atoms with Gasteiger partial charge in [0, 0.05) is 5.69 Å². The fraction of sp³-hybridized carbons (Fsp3) is 0.286. The largest absolute Gasteiger partial charge is 0.382 e. The van der Waals surface area contributed by atoms with Crippen molar-refractivity contribution in [2.24, 2.45) is 0 Å². The molecule has 0 spiro atoms. The minimum Gasteiger partial charge on any atom is -0.382 e. The van der Waals surface area contributed by atoms with Crippen molar-refractivity contribution in [1.82, 2.24) is 9.97 Å². The predicted molar refractivity (Wildman–Crippen MR) is 72.8 cm³/mol. The molecule has 0 amide bonds. The third kappa shape index (κ3) is 2.14. The van der Waals surface area contributed by atoms with E-state index in [9.17, 15) is 0 Å². The maximum absolute atomic E-state index is 5.53. The van der Waals surface area contributed by atoms with E-state index in [2.05, 4.69) is 33.5 Å². The highest BCUT2D eigenvalue weighted by molar-refractivity contribution is 5.62. The van der Waals surface area contributed by atoms with Crippen molar-refractivity contribution in [3.63, 3.8) is 0 Å². The number of nitrogen functional groups attached to an aromatic ring is 1. The van der Waals surface area contributed by atoms with Gasteiger partial charge in [-0.25, -0.2) is 9.97 Å². The van der Waals surface area contributed by atoms with Crippen molar-refractivity contribution in [2.45, 2.75) is 25.7 Å². The van der Waals surface area contributed by atoms with E-state index in [1.54, 1.807) is 12.4 Å². The van der Waals surface area contributed by atoms with Gasteiger partial charge in [-0.2, -0.15) is 0 Å². The first-order valence-electron chi connectivity index (χ1n) is 6.28. The Morgan fingerprint density at radius 3 is 2.78 bits per heavy atom. The molecule has 1 aliphatic rings. The smallest absolute Gasteiger partial charge is 0.149 e. The van der Waals surface area contributed by atoms with Crippen LogP contribution in [-0.4, -0.2) is 9.97 Å². The standard InChI is InChI=1S/C14H16N4/c15-13-8-17-14(9-16-13)18-12-7-3-5-10-4-1-2-6-11(10)12/h3,5,7-9H,1-2,4,6H2,(H2,15,16)(H,17,18). The van der Waals surface area contributed by atoms with Crippen molar-refractivity contribution >= 4 is 17.3 Å². The molecule has 1 aliphatic carbocycles. The minimum atomic E-state index is 0.440. The normalized spacial score (nSPS) is 14.0. The summed E-state index contributed by atoms with van der Waals surface area (Å²) < 4.78 is 0. The van der Waals surface area contributed by atoms with Crippen LogP contribution < -0.4 is 11.1 Å². The Kier molecular flexibility index (Phi) is 2.84. The first-order valence-corrected chi connectivity index (χ1v) is 6.28. The zero-order chi connectivity index (χ0) is 12.4. The van der Waals surface area contributed by atoms with Gasteiger partial charge in [-0.1, -0.05) is 12.1 Å². The summed E-state index contributed by atoms with van der Waals surface area (Å²) in [6.45, 7) is 0. The van der Waals surface area contributed by atoms with Crippen LogP contribution in [0.5, 0.6) is 0 Å². The highest BCUT2D eigenvalue weighted by atomic mass is 15.0. The topological polar surface area (TPSA) is 63.8 Å². The first-order chi connectivity index (χ1) is 8.83.